The van der Waals surface area contributed by atoms with Crippen LogP contribution in [0, 0.1) is 0 Å². The number of aromatic nitrogens is 1. The van der Waals surface area contributed by atoms with E-state index in [0.717, 1.165) is 10.4 Å². The van der Waals surface area contributed by atoms with E-state index in [1.807, 2.05) is 6.92 Å². The number of nitrogens with two attached hydrogens (primary N) is 1. The van der Waals surface area contributed by atoms with Crippen LogP contribution in [0.1, 0.15) is 12.5 Å². The van der Waals surface area contributed by atoms with Gasteiger partial charge >= 0.3 is 0 Å². The summed E-state index contributed by atoms with van der Waals surface area (Å²) < 4.78 is 5.19. The lowest BCUT2D eigenvalue weighted by atomic mass is 10.2. The molecular weight excluding hydrogens is 198 g/mol. The maximum absolute atomic E-state index is 5.55. The molecule has 0 aromatic carbocycles. The Balaban J connectivity index is 3.18. The Morgan fingerprint density at radius 3 is 2.71 bits per heavy atom. The third-order valence-electron chi connectivity index (χ3n) is 1.81. The lowest BCUT2D eigenvalue weighted by Crippen LogP contribution is -2.26. The van der Waals surface area contributed by atoms with Gasteiger partial charge in [0.1, 0.15) is 11.6 Å². The molecule has 0 atom stereocenters. The predicted molar refractivity (Wildman–Crippen MR) is 60.8 cm³/mol. The van der Waals surface area contributed by atoms with Crippen molar-refractivity contribution in [2.24, 2.45) is 5.84 Å². The van der Waals surface area contributed by atoms with Gasteiger partial charge in [-0.2, -0.15) is 0 Å². The molecule has 0 aliphatic heterocycles. The molecule has 0 unspecified atom stereocenters. The predicted octanol–water partition coefficient (Wildman–Crippen LogP) is 1.14. The second kappa shape index (κ2) is 4.34. The number of hydrogen-bond donors (Lipinski definition) is 1. The van der Waals surface area contributed by atoms with Crippen molar-refractivity contribution in [2.75, 3.05) is 19.2 Å². The van der Waals surface area contributed by atoms with Crippen LogP contribution >= 0.6 is 12.2 Å². The summed E-state index contributed by atoms with van der Waals surface area (Å²) in [4.78, 5) is 4.89. The summed E-state index contributed by atoms with van der Waals surface area (Å²) in [5.74, 6) is 6.88. The molecule has 1 aromatic heterocycles. The molecule has 0 spiro atoms. The first-order valence-corrected chi connectivity index (χ1v) is 4.50. The van der Waals surface area contributed by atoms with E-state index in [1.54, 1.807) is 26.4 Å². The molecule has 5 heteroatoms. The Labute approximate surface area is 88.7 Å². The Morgan fingerprint density at radius 2 is 2.29 bits per heavy atom. The Kier molecular flexibility index (Phi) is 3.38. The zero-order chi connectivity index (χ0) is 10.7. The summed E-state index contributed by atoms with van der Waals surface area (Å²) >= 11 is 5.06. The van der Waals surface area contributed by atoms with Gasteiger partial charge in [-0.3, -0.25) is 5.01 Å². The fourth-order valence-electron chi connectivity index (χ4n) is 1.05. The van der Waals surface area contributed by atoms with Crippen molar-refractivity contribution in [3.63, 3.8) is 0 Å². The molecule has 4 nitrogen and oxygen atoms in total. The quantitative estimate of drug-likeness (QED) is 0.351. The van der Waals surface area contributed by atoms with E-state index >= 15 is 0 Å². The number of pyridine rings is 1. The van der Waals surface area contributed by atoms with Crippen molar-refractivity contribution >= 4 is 22.9 Å². The average Bonchev–Trinajstić information content (AvgIpc) is 2.16. The number of hydrogen-bond acceptors (Lipinski definition) is 5. The lowest BCUT2D eigenvalue weighted by molar-refractivity contribution is 0.413. The minimum Gasteiger partial charge on any atom is -0.496 e. The van der Waals surface area contributed by atoms with Crippen LogP contribution in [-0.4, -0.2) is 24.0 Å². The maximum atomic E-state index is 5.55. The van der Waals surface area contributed by atoms with Gasteiger partial charge in [0.15, 0.2) is 0 Å². The van der Waals surface area contributed by atoms with Crippen LogP contribution in [0.5, 0.6) is 5.75 Å². The summed E-state index contributed by atoms with van der Waals surface area (Å²) in [6.07, 6.45) is 1.67. The van der Waals surface area contributed by atoms with E-state index in [-0.39, 0.29) is 0 Å². The van der Waals surface area contributed by atoms with E-state index in [0.29, 0.717) is 11.6 Å². The summed E-state index contributed by atoms with van der Waals surface area (Å²) in [5.41, 5.74) is 0.827. The topological polar surface area (TPSA) is 51.4 Å². The van der Waals surface area contributed by atoms with Crippen LogP contribution in [0.3, 0.4) is 0 Å². The highest BCUT2D eigenvalue weighted by atomic mass is 32.1. The smallest absolute Gasteiger partial charge is 0.145 e. The molecule has 0 amide bonds. The monoisotopic (exact) mass is 211 g/mol. The molecular formula is C9H13N3OS. The highest BCUT2D eigenvalue weighted by molar-refractivity contribution is 7.80. The summed E-state index contributed by atoms with van der Waals surface area (Å²) in [5, 5.41) is 1.42. The SMILES string of the molecule is COc1cc(N(C)N)ncc1C(C)=S. The van der Waals surface area contributed by atoms with Crippen LogP contribution in [0.2, 0.25) is 0 Å². The molecule has 0 aliphatic carbocycles. The molecule has 0 saturated carbocycles. The van der Waals surface area contributed by atoms with Gasteiger partial charge < -0.3 is 4.74 Å². The molecule has 2 N–H and O–H groups in total. The molecule has 0 fully saturated rings. The normalized spacial score (nSPS) is 9.71. The van der Waals surface area contributed by atoms with Crippen LogP contribution in [-0.2, 0) is 0 Å². The molecule has 0 bridgehead atoms. The minimum atomic E-state index is 0.641. The number of ether oxygens (including phenoxy) is 1. The third-order valence-corrected chi connectivity index (χ3v) is 2.03. The van der Waals surface area contributed by atoms with E-state index in [9.17, 15) is 0 Å². The standard InChI is InChI=1S/C9H13N3OS/c1-6(14)7-5-11-9(12(2)10)4-8(7)13-3/h4-5H,10H2,1-3H3. The van der Waals surface area contributed by atoms with Crippen LogP contribution in [0.15, 0.2) is 12.3 Å². The van der Waals surface area contributed by atoms with Crippen molar-refractivity contribution in [3.05, 3.63) is 17.8 Å². The second-order valence-corrected chi connectivity index (χ2v) is 3.52. The fraction of sp³-hybridized carbons (Fsp3) is 0.333. The van der Waals surface area contributed by atoms with E-state index in [2.05, 4.69) is 4.98 Å². The molecule has 0 aliphatic rings. The van der Waals surface area contributed by atoms with Crippen LogP contribution in [0.25, 0.3) is 0 Å². The molecule has 0 saturated heterocycles. The van der Waals surface area contributed by atoms with Crippen molar-refractivity contribution < 1.29 is 4.74 Å². The molecule has 0 radical (unpaired) electrons. The molecule has 1 aromatic rings. The Hall–Kier alpha value is -1.20. The largest absolute Gasteiger partial charge is 0.496 e. The van der Waals surface area contributed by atoms with Crippen LogP contribution in [0.4, 0.5) is 5.82 Å². The van der Waals surface area contributed by atoms with E-state index < -0.39 is 0 Å². The van der Waals surface area contributed by atoms with Gasteiger partial charge in [0.2, 0.25) is 0 Å². The highest BCUT2D eigenvalue weighted by Crippen LogP contribution is 2.22. The number of hydrazine groups is 1. The highest BCUT2D eigenvalue weighted by Gasteiger charge is 2.08. The third kappa shape index (κ3) is 2.18. The number of anilines is 1. The van der Waals surface area contributed by atoms with Gasteiger partial charge in [-0.15, -0.1) is 0 Å². The van der Waals surface area contributed by atoms with E-state index in [4.69, 9.17) is 22.8 Å². The fourth-order valence-corrected chi connectivity index (χ4v) is 1.21. The van der Waals surface area contributed by atoms with Crippen molar-refractivity contribution in [2.45, 2.75) is 6.92 Å². The second-order valence-electron chi connectivity index (χ2n) is 2.91. The van der Waals surface area contributed by atoms with E-state index in [1.165, 1.54) is 5.01 Å². The average molecular weight is 211 g/mol. The first-order chi connectivity index (χ1) is 6.56. The van der Waals surface area contributed by atoms with Gasteiger partial charge in [-0.05, 0) is 6.92 Å². The molecule has 1 heterocycles. The van der Waals surface area contributed by atoms with Gasteiger partial charge in [0.05, 0.1) is 7.11 Å². The number of methoxy groups -OCH3 is 1. The zero-order valence-corrected chi connectivity index (χ0v) is 9.26. The van der Waals surface area contributed by atoms with Crippen molar-refractivity contribution in [1.29, 1.82) is 0 Å². The zero-order valence-electron chi connectivity index (χ0n) is 8.44. The van der Waals surface area contributed by atoms with Gasteiger partial charge in [-0.25, -0.2) is 10.8 Å². The van der Waals surface area contributed by atoms with Gasteiger partial charge in [-0.1, -0.05) is 12.2 Å². The minimum absolute atomic E-state index is 0.641. The Bertz CT molecular complexity index is 352. The summed E-state index contributed by atoms with van der Waals surface area (Å²) in [6.45, 7) is 1.83. The lowest BCUT2D eigenvalue weighted by Gasteiger charge is -2.13. The van der Waals surface area contributed by atoms with Gasteiger partial charge in [0, 0.05) is 29.7 Å². The van der Waals surface area contributed by atoms with Gasteiger partial charge in [0.25, 0.3) is 0 Å². The maximum Gasteiger partial charge on any atom is 0.145 e. The summed E-state index contributed by atoms with van der Waals surface area (Å²) in [6, 6.07) is 1.76. The number of thiocarbonyl (C=S) groups is 1. The molecule has 1 rings (SSSR count). The van der Waals surface area contributed by atoms with Crippen LogP contribution < -0.4 is 15.6 Å². The Morgan fingerprint density at radius 1 is 1.64 bits per heavy atom. The molecule has 14 heavy (non-hydrogen) atoms. The number of nitrogens with zero attached hydrogens (tertiary/aromatic N) is 2. The summed E-state index contributed by atoms with van der Waals surface area (Å²) in [7, 11) is 3.31. The van der Waals surface area contributed by atoms with Crippen molar-refractivity contribution in [1.82, 2.24) is 4.98 Å². The first kappa shape index (κ1) is 10.9. The first-order valence-electron chi connectivity index (χ1n) is 4.09. The number of rotatable bonds is 3. The van der Waals surface area contributed by atoms with Crippen molar-refractivity contribution in [3.8, 4) is 5.75 Å². The molecule has 76 valence electrons.